The first-order chi connectivity index (χ1) is 10.2. The fourth-order valence-electron chi connectivity index (χ4n) is 2.75. The number of fused-ring (bicyclic) bond motifs is 1. The fourth-order valence-corrected chi connectivity index (χ4v) is 2.75. The fraction of sp³-hybridized carbons (Fsp3) is 0.235. The quantitative estimate of drug-likeness (QED) is 0.816. The number of aryl methyl sites for hydroxylation is 1. The number of amides is 1. The van der Waals surface area contributed by atoms with E-state index < -0.39 is 5.82 Å². The third-order valence-electron chi connectivity index (χ3n) is 3.83. The molecule has 2 aromatic rings. The summed E-state index contributed by atoms with van der Waals surface area (Å²) < 4.78 is 14.0. The van der Waals surface area contributed by atoms with Crippen molar-refractivity contribution in [3.8, 4) is 0 Å². The van der Waals surface area contributed by atoms with Crippen LogP contribution in [0.5, 0.6) is 0 Å². The zero-order chi connectivity index (χ0) is 14.8. The Balaban J connectivity index is 2.01. The van der Waals surface area contributed by atoms with Crippen molar-refractivity contribution < 1.29 is 9.18 Å². The van der Waals surface area contributed by atoms with Crippen LogP contribution in [0, 0.1) is 5.82 Å². The molecule has 4 heteroatoms. The van der Waals surface area contributed by atoms with Gasteiger partial charge in [-0.2, -0.15) is 0 Å². The molecular formula is C17H17FN2O. The van der Waals surface area contributed by atoms with E-state index >= 15 is 0 Å². The molecule has 21 heavy (non-hydrogen) atoms. The first-order valence-electron chi connectivity index (χ1n) is 7.11. The summed E-state index contributed by atoms with van der Waals surface area (Å²) >= 11 is 0. The number of nitrogens with two attached hydrogens (primary N) is 1. The van der Waals surface area contributed by atoms with E-state index in [4.69, 9.17) is 5.73 Å². The summed E-state index contributed by atoms with van der Waals surface area (Å²) in [6, 6.07) is 12.0. The molecule has 0 saturated heterocycles. The molecule has 1 aliphatic heterocycles. The molecule has 3 nitrogen and oxygen atoms in total. The molecule has 0 radical (unpaired) electrons. The summed E-state index contributed by atoms with van der Waals surface area (Å²) in [6.07, 6.45) is 2.90. The van der Waals surface area contributed by atoms with Gasteiger partial charge in [-0.1, -0.05) is 18.2 Å². The summed E-state index contributed by atoms with van der Waals surface area (Å²) in [6.45, 7) is 0.611. The number of hydrogen-bond donors (Lipinski definition) is 1. The average Bonchev–Trinajstić information content (AvgIpc) is 2.69. The highest BCUT2D eigenvalue weighted by Gasteiger charge is 2.24. The maximum atomic E-state index is 14.0. The molecule has 2 aromatic carbocycles. The van der Waals surface area contributed by atoms with Crippen LogP contribution in [-0.4, -0.2) is 12.5 Å². The number of nitrogens with zero attached hydrogens (tertiary/aromatic N) is 1. The second-order valence-electron chi connectivity index (χ2n) is 5.28. The SMILES string of the molecule is Nc1ccc(C(=O)N2CCCCc3ccccc32)c(F)c1. The standard InChI is InChI=1S/C17H17FN2O/c18-15-11-13(19)8-9-14(15)17(21)20-10-4-3-6-12-5-1-2-7-16(12)20/h1-2,5,7-9,11H,3-4,6,10,19H2. The topological polar surface area (TPSA) is 46.3 Å². The summed E-state index contributed by atoms with van der Waals surface area (Å²) in [4.78, 5) is 14.4. The van der Waals surface area contributed by atoms with Crippen molar-refractivity contribution in [3.63, 3.8) is 0 Å². The highest BCUT2D eigenvalue weighted by molar-refractivity contribution is 6.06. The molecule has 0 aromatic heterocycles. The molecule has 2 N–H and O–H groups in total. The minimum atomic E-state index is -0.568. The van der Waals surface area contributed by atoms with Crippen LogP contribution in [0.25, 0.3) is 0 Å². The highest BCUT2D eigenvalue weighted by Crippen LogP contribution is 2.28. The Hall–Kier alpha value is -2.36. The van der Waals surface area contributed by atoms with E-state index in [0.717, 1.165) is 30.5 Å². The molecule has 3 rings (SSSR count). The Morgan fingerprint density at radius 2 is 1.95 bits per heavy atom. The lowest BCUT2D eigenvalue weighted by Crippen LogP contribution is -2.32. The van der Waals surface area contributed by atoms with Crippen LogP contribution in [-0.2, 0) is 6.42 Å². The van der Waals surface area contributed by atoms with Crippen molar-refractivity contribution in [1.29, 1.82) is 0 Å². The molecule has 1 amide bonds. The number of halogens is 1. The summed E-state index contributed by atoms with van der Waals surface area (Å²) in [5.74, 6) is -0.872. The first kappa shape index (κ1) is 13.6. The molecule has 1 aliphatic rings. The van der Waals surface area contributed by atoms with Crippen molar-refractivity contribution in [1.82, 2.24) is 0 Å². The molecule has 108 valence electrons. The number of rotatable bonds is 1. The Morgan fingerprint density at radius 3 is 2.76 bits per heavy atom. The van der Waals surface area contributed by atoms with E-state index in [1.165, 1.54) is 12.1 Å². The lowest BCUT2D eigenvalue weighted by molar-refractivity contribution is 0.0983. The van der Waals surface area contributed by atoms with Gasteiger partial charge in [-0.15, -0.1) is 0 Å². The normalized spacial score (nSPS) is 14.4. The molecule has 0 aliphatic carbocycles. The zero-order valence-electron chi connectivity index (χ0n) is 11.7. The van der Waals surface area contributed by atoms with Crippen molar-refractivity contribution in [2.45, 2.75) is 19.3 Å². The summed E-state index contributed by atoms with van der Waals surface area (Å²) in [5.41, 5.74) is 7.96. The molecule has 0 atom stereocenters. The van der Waals surface area contributed by atoms with E-state index in [-0.39, 0.29) is 11.5 Å². The Labute approximate surface area is 123 Å². The predicted octanol–water partition coefficient (Wildman–Crippen LogP) is 3.39. The molecule has 0 spiro atoms. The van der Waals surface area contributed by atoms with Crippen LogP contribution in [0.3, 0.4) is 0 Å². The van der Waals surface area contributed by atoms with Crippen LogP contribution >= 0.6 is 0 Å². The van der Waals surface area contributed by atoms with Gasteiger partial charge in [0.1, 0.15) is 5.82 Å². The first-order valence-corrected chi connectivity index (χ1v) is 7.11. The van der Waals surface area contributed by atoms with Gasteiger partial charge in [0.15, 0.2) is 0 Å². The zero-order valence-corrected chi connectivity index (χ0v) is 11.7. The van der Waals surface area contributed by atoms with Gasteiger partial charge in [0, 0.05) is 17.9 Å². The number of carbonyl (C=O) groups is 1. The second-order valence-corrected chi connectivity index (χ2v) is 5.28. The number of carbonyl (C=O) groups excluding carboxylic acids is 1. The minimum absolute atomic E-state index is 0.0703. The average molecular weight is 284 g/mol. The highest BCUT2D eigenvalue weighted by atomic mass is 19.1. The van der Waals surface area contributed by atoms with Crippen LogP contribution in [0.4, 0.5) is 15.8 Å². The molecule has 0 fully saturated rings. The summed E-state index contributed by atoms with van der Waals surface area (Å²) in [5, 5.41) is 0. The molecule has 1 heterocycles. The van der Waals surface area contributed by atoms with Crippen LogP contribution < -0.4 is 10.6 Å². The van der Waals surface area contributed by atoms with Crippen molar-refractivity contribution in [2.24, 2.45) is 0 Å². The second kappa shape index (κ2) is 5.56. The summed E-state index contributed by atoms with van der Waals surface area (Å²) in [7, 11) is 0. The Kier molecular flexibility index (Phi) is 3.60. The molecule has 0 unspecified atom stereocenters. The van der Waals surface area contributed by atoms with Gasteiger partial charge in [-0.25, -0.2) is 4.39 Å². The molecular weight excluding hydrogens is 267 g/mol. The van der Waals surface area contributed by atoms with Gasteiger partial charge < -0.3 is 10.6 Å². The smallest absolute Gasteiger partial charge is 0.261 e. The maximum Gasteiger partial charge on any atom is 0.261 e. The van der Waals surface area contributed by atoms with Gasteiger partial charge in [-0.05, 0) is 49.1 Å². The largest absolute Gasteiger partial charge is 0.399 e. The number of hydrogen-bond acceptors (Lipinski definition) is 2. The maximum absolute atomic E-state index is 14.0. The Morgan fingerprint density at radius 1 is 1.14 bits per heavy atom. The monoisotopic (exact) mass is 284 g/mol. The number of anilines is 2. The van der Waals surface area contributed by atoms with Crippen molar-refractivity contribution >= 4 is 17.3 Å². The van der Waals surface area contributed by atoms with Crippen LogP contribution in [0.1, 0.15) is 28.8 Å². The third kappa shape index (κ3) is 2.61. The van der Waals surface area contributed by atoms with Crippen LogP contribution in [0.2, 0.25) is 0 Å². The van der Waals surface area contributed by atoms with Gasteiger partial charge in [0.2, 0.25) is 0 Å². The lowest BCUT2D eigenvalue weighted by Gasteiger charge is -2.23. The van der Waals surface area contributed by atoms with Crippen LogP contribution in [0.15, 0.2) is 42.5 Å². The van der Waals surface area contributed by atoms with E-state index in [9.17, 15) is 9.18 Å². The van der Waals surface area contributed by atoms with Gasteiger partial charge in [0.25, 0.3) is 5.91 Å². The lowest BCUT2D eigenvalue weighted by atomic mass is 10.1. The Bertz CT molecular complexity index is 684. The van der Waals surface area contributed by atoms with Crippen molar-refractivity contribution in [3.05, 3.63) is 59.4 Å². The van der Waals surface area contributed by atoms with E-state index in [1.807, 2.05) is 24.3 Å². The van der Waals surface area contributed by atoms with E-state index in [0.29, 0.717) is 12.2 Å². The van der Waals surface area contributed by atoms with Crippen molar-refractivity contribution in [2.75, 3.05) is 17.2 Å². The van der Waals surface area contributed by atoms with Gasteiger partial charge in [0.05, 0.1) is 5.56 Å². The van der Waals surface area contributed by atoms with Gasteiger partial charge in [-0.3, -0.25) is 4.79 Å². The molecule has 0 bridgehead atoms. The van der Waals surface area contributed by atoms with E-state index in [2.05, 4.69) is 0 Å². The number of para-hydroxylation sites is 1. The van der Waals surface area contributed by atoms with E-state index in [1.54, 1.807) is 11.0 Å². The number of nitrogen functional groups attached to an aromatic ring is 1. The van der Waals surface area contributed by atoms with Gasteiger partial charge >= 0.3 is 0 Å². The minimum Gasteiger partial charge on any atom is -0.399 e. The predicted molar refractivity (Wildman–Crippen MR) is 81.9 cm³/mol. The molecule has 0 saturated carbocycles. The third-order valence-corrected chi connectivity index (χ3v) is 3.83. The number of benzene rings is 2.